The summed E-state index contributed by atoms with van der Waals surface area (Å²) in [6.07, 6.45) is 0. The van der Waals surface area contributed by atoms with Gasteiger partial charge in [0.05, 0.1) is 9.37 Å². The lowest BCUT2D eigenvalue weighted by Gasteiger charge is -2.12. The molecule has 0 bridgehead atoms. The second-order valence-corrected chi connectivity index (χ2v) is 11.5. The minimum atomic E-state index is -3.76. The third kappa shape index (κ3) is 6.22. The average Bonchev–Trinajstić information content (AvgIpc) is 2.78. The highest BCUT2D eigenvalue weighted by Gasteiger charge is 2.15. The number of halogens is 2. The van der Waals surface area contributed by atoms with E-state index >= 15 is 0 Å². The molecule has 35 heavy (non-hydrogen) atoms. The zero-order valence-electron chi connectivity index (χ0n) is 18.9. The van der Waals surface area contributed by atoms with Gasteiger partial charge in [0.15, 0.2) is 6.61 Å². The Bertz CT molecular complexity index is 1500. The molecule has 9 heteroatoms. The van der Waals surface area contributed by atoms with Gasteiger partial charge in [-0.1, -0.05) is 34.1 Å². The summed E-state index contributed by atoms with van der Waals surface area (Å²) in [6, 6.07) is 21.1. The van der Waals surface area contributed by atoms with Crippen LogP contribution in [0.4, 0.5) is 11.4 Å². The van der Waals surface area contributed by atoms with Gasteiger partial charge < -0.3 is 10.1 Å². The molecule has 0 spiro atoms. The molecular weight excluding hydrogens is 596 g/mol. The van der Waals surface area contributed by atoms with Crippen LogP contribution in [0.1, 0.15) is 11.1 Å². The van der Waals surface area contributed by atoms with Crippen molar-refractivity contribution in [2.75, 3.05) is 16.6 Å². The maximum absolute atomic E-state index is 12.7. The molecule has 1 amide bonds. The summed E-state index contributed by atoms with van der Waals surface area (Å²) in [5, 5.41) is 4.72. The fourth-order valence-corrected chi connectivity index (χ4v) is 5.69. The number of rotatable bonds is 7. The van der Waals surface area contributed by atoms with E-state index in [4.69, 9.17) is 4.74 Å². The minimum Gasteiger partial charge on any atom is -0.483 e. The molecule has 0 unspecified atom stereocenters. The van der Waals surface area contributed by atoms with Crippen molar-refractivity contribution in [2.45, 2.75) is 18.7 Å². The number of amides is 1. The predicted octanol–water partition coefficient (Wildman–Crippen LogP) is 6.80. The van der Waals surface area contributed by atoms with E-state index < -0.39 is 10.0 Å². The zero-order chi connectivity index (χ0) is 25.2. The second-order valence-electron chi connectivity index (χ2n) is 8.09. The molecular formula is C26H22Br2N2O4S. The molecule has 0 radical (unpaired) electrons. The van der Waals surface area contributed by atoms with E-state index in [2.05, 4.69) is 41.9 Å². The first kappa shape index (κ1) is 25.2. The van der Waals surface area contributed by atoms with Crippen LogP contribution in [0.5, 0.6) is 5.75 Å². The van der Waals surface area contributed by atoms with Crippen LogP contribution in [0, 0.1) is 13.8 Å². The van der Waals surface area contributed by atoms with Gasteiger partial charge >= 0.3 is 0 Å². The lowest BCUT2D eigenvalue weighted by atomic mass is 10.1. The quantitative estimate of drug-likeness (QED) is 0.239. The Morgan fingerprint density at radius 2 is 1.54 bits per heavy atom. The highest BCUT2D eigenvalue weighted by atomic mass is 79.9. The second kappa shape index (κ2) is 10.4. The summed E-state index contributed by atoms with van der Waals surface area (Å²) < 4.78 is 35.5. The molecule has 0 aliphatic heterocycles. The van der Waals surface area contributed by atoms with Gasteiger partial charge in [-0.05, 0) is 106 Å². The third-order valence-corrected chi connectivity index (χ3v) is 7.87. The Balaban J connectivity index is 1.38. The van der Waals surface area contributed by atoms with Crippen LogP contribution >= 0.6 is 31.9 Å². The van der Waals surface area contributed by atoms with E-state index in [-0.39, 0.29) is 17.4 Å². The Morgan fingerprint density at radius 1 is 0.857 bits per heavy atom. The van der Waals surface area contributed by atoms with Crippen LogP contribution < -0.4 is 14.8 Å². The Hall–Kier alpha value is -2.88. The number of anilines is 2. The summed E-state index contributed by atoms with van der Waals surface area (Å²) in [6.45, 7) is 3.61. The number of benzene rings is 4. The first-order chi connectivity index (χ1) is 16.6. The SMILES string of the molecule is Cc1cc(C)cc(NS(=O)(=O)c2ccc(NC(=O)COc3ccc4cc(Br)ccc4c3Br)cc2)c1. The molecule has 0 aliphatic carbocycles. The highest BCUT2D eigenvalue weighted by Crippen LogP contribution is 2.34. The van der Waals surface area contributed by atoms with Gasteiger partial charge in [0.25, 0.3) is 15.9 Å². The third-order valence-electron chi connectivity index (χ3n) is 5.16. The van der Waals surface area contributed by atoms with Crippen molar-refractivity contribution in [1.82, 2.24) is 0 Å². The smallest absolute Gasteiger partial charge is 0.262 e. The maximum Gasteiger partial charge on any atom is 0.262 e. The predicted molar refractivity (Wildman–Crippen MR) is 147 cm³/mol. The highest BCUT2D eigenvalue weighted by molar-refractivity contribution is 9.11. The van der Waals surface area contributed by atoms with Gasteiger partial charge in [-0.3, -0.25) is 9.52 Å². The molecule has 6 nitrogen and oxygen atoms in total. The van der Waals surface area contributed by atoms with Crippen LogP contribution in [-0.2, 0) is 14.8 Å². The number of nitrogens with one attached hydrogen (secondary N) is 2. The first-order valence-corrected chi connectivity index (χ1v) is 13.7. The number of sulfonamides is 1. The van der Waals surface area contributed by atoms with Crippen LogP contribution in [0.15, 0.2) is 86.6 Å². The van der Waals surface area contributed by atoms with E-state index in [1.165, 1.54) is 24.3 Å². The summed E-state index contributed by atoms with van der Waals surface area (Å²) in [5.74, 6) is 0.186. The molecule has 4 aromatic rings. The Morgan fingerprint density at radius 3 is 2.23 bits per heavy atom. The number of carbonyl (C=O) groups excluding carboxylic acids is 1. The number of hydrogen-bond acceptors (Lipinski definition) is 4. The lowest BCUT2D eigenvalue weighted by Crippen LogP contribution is -2.20. The van der Waals surface area contributed by atoms with Gasteiger partial charge in [-0.2, -0.15) is 0 Å². The van der Waals surface area contributed by atoms with Crippen molar-refractivity contribution >= 4 is 69.9 Å². The lowest BCUT2D eigenvalue weighted by molar-refractivity contribution is -0.118. The van der Waals surface area contributed by atoms with Gasteiger partial charge in [-0.25, -0.2) is 8.42 Å². The number of aryl methyl sites for hydroxylation is 2. The number of hydrogen-bond donors (Lipinski definition) is 2. The number of ether oxygens (including phenoxy) is 1. The van der Waals surface area contributed by atoms with Gasteiger partial charge in [0.2, 0.25) is 0 Å². The molecule has 2 N–H and O–H groups in total. The van der Waals surface area contributed by atoms with E-state index in [0.717, 1.165) is 30.8 Å². The Kier molecular flexibility index (Phi) is 7.49. The number of carbonyl (C=O) groups is 1. The van der Waals surface area contributed by atoms with Gasteiger partial charge in [0.1, 0.15) is 5.75 Å². The molecule has 0 aromatic heterocycles. The van der Waals surface area contributed by atoms with Crippen LogP contribution in [0.3, 0.4) is 0 Å². The fourth-order valence-electron chi connectivity index (χ4n) is 3.66. The Labute approximate surface area is 221 Å². The number of fused-ring (bicyclic) bond motifs is 1. The zero-order valence-corrected chi connectivity index (χ0v) is 22.9. The van der Waals surface area contributed by atoms with Gasteiger partial charge in [-0.15, -0.1) is 0 Å². The maximum atomic E-state index is 12.7. The average molecular weight is 618 g/mol. The fraction of sp³-hybridized carbons (Fsp3) is 0.115. The van der Waals surface area contributed by atoms with Crippen LogP contribution in [0.2, 0.25) is 0 Å². The van der Waals surface area contributed by atoms with Crippen molar-refractivity contribution in [3.05, 3.63) is 92.9 Å². The topological polar surface area (TPSA) is 84.5 Å². The summed E-state index contributed by atoms with van der Waals surface area (Å²) in [4.78, 5) is 12.5. The van der Waals surface area contributed by atoms with Gasteiger partial charge in [0, 0.05) is 15.8 Å². The molecule has 0 aliphatic rings. The standard InChI is InChI=1S/C26H22Br2N2O4S/c1-16-11-17(2)13-21(12-16)30-35(32,33)22-7-5-20(6-8-22)29-25(31)15-34-24-10-3-18-14-19(27)4-9-23(18)26(24)28/h3-14,30H,15H2,1-2H3,(H,29,31). The molecule has 0 saturated carbocycles. The molecule has 0 heterocycles. The van der Waals surface area contributed by atoms with E-state index in [0.29, 0.717) is 17.1 Å². The monoisotopic (exact) mass is 616 g/mol. The molecule has 4 rings (SSSR count). The van der Waals surface area contributed by atoms with Crippen molar-refractivity contribution < 1.29 is 17.9 Å². The summed E-state index contributed by atoms with van der Waals surface area (Å²) in [5.41, 5.74) is 2.90. The first-order valence-electron chi connectivity index (χ1n) is 10.6. The molecule has 0 atom stereocenters. The normalized spacial score (nSPS) is 11.3. The molecule has 180 valence electrons. The van der Waals surface area contributed by atoms with Crippen LogP contribution in [0.25, 0.3) is 10.8 Å². The van der Waals surface area contributed by atoms with Crippen LogP contribution in [-0.4, -0.2) is 20.9 Å². The summed E-state index contributed by atoms with van der Waals surface area (Å²) in [7, 11) is -3.76. The largest absolute Gasteiger partial charge is 0.483 e. The molecule has 4 aromatic carbocycles. The van der Waals surface area contributed by atoms with E-state index in [1.807, 2.05) is 44.2 Å². The van der Waals surface area contributed by atoms with E-state index in [9.17, 15) is 13.2 Å². The van der Waals surface area contributed by atoms with E-state index in [1.54, 1.807) is 18.2 Å². The summed E-state index contributed by atoms with van der Waals surface area (Å²) >= 11 is 7.00. The van der Waals surface area contributed by atoms with Crippen molar-refractivity contribution in [2.24, 2.45) is 0 Å². The van der Waals surface area contributed by atoms with Crippen molar-refractivity contribution in [3.63, 3.8) is 0 Å². The molecule has 0 saturated heterocycles. The minimum absolute atomic E-state index is 0.0950. The molecule has 0 fully saturated rings. The van der Waals surface area contributed by atoms with Crippen molar-refractivity contribution in [3.8, 4) is 5.75 Å². The van der Waals surface area contributed by atoms with Crippen molar-refractivity contribution in [1.29, 1.82) is 0 Å².